The Morgan fingerprint density at radius 1 is 1.40 bits per heavy atom. The van der Waals surface area contributed by atoms with Crippen molar-refractivity contribution in [2.75, 3.05) is 14.2 Å². The van der Waals surface area contributed by atoms with Gasteiger partial charge in [-0.2, -0.15) is 5.10 Å². The van der Waals surface area contributed by atoms with E-state index in [-0.39, 0.29) is 6.04 Å². The number of methoxy groups -OCH3 is 1. The molecule has 0 aliphatic rings. The third-order valence-electron chi connectivity index (χ3n) is 3.43. The Kier molecular flexibility index (Phi) is 4.68. The van der Waals surface area contributed by atoms with E-state index in [1.54, 1.807) is 7.11 Å². The first-order valence-electron chi connectivity index (χ1n) is 6.55. The molecule has 1 atom stereocenters. The van der Waals surface area contributed by atoms with E-state index in [4.69, 9.17) is 16.3 Å². The lowest BCUT2D eigenvalue weighted by molar-refractivity contribution is 0.400. The lowest BCUT2D eigenvalue weighted by atomic mass is 10.0. The monoisotopic (exact) mass is 293 g/mol. The lowest BCUT2D eigenvalue weighted by Gasteiger charge is -2.19. The molecule has 0 radical (unpaired) electrons. The number of rotatable bonds is 5. The fraction of sp³-hybridized carbons (Fsp3) is 0.400. The Bertz CT molecular complexity index is 595. The van der Waals surface area contributed by atoms with Crippen molar-refractivity contribution in [1.82, 2.24) is 15.1 Å². The van der Waals surface area contributed by atoms with Crippen LogP contribution in [-0.2, 0) is 13.5 Å². The molecule has 108 valence electrons. The minimum atomic E-state index is 0.124. The van der Waals surface area contributed by atoms with Crippen LogP contribution in [0, 0.1) is 6.92 Å². The average molecular weight is 294 g/mol. The Labute approximate surface area is 124 Å². The number of halogens is 1. The van der Waals surface area contributed by atoms with Gasteiger partial charge >= 0.3 is 0 Å². The molecule has 5 heteroatoms. The standard InChI is InChI=1S/C15H20ClN3O/c1-10-7-12(19(3)18-10)9-14(17-2)13-8-11(16)5-6-15(13)20-4/h5-8,14,17H,9H2,1-4H3. The van der Waals surface area contributed by atoms with Crippen molar-refractivity contribution in [3.8, 4) is 5.75 Å². The summed E-state index contributed by atoms with van der Waals surface area (Å²) in [5, 5.41) is 8.42. The zero-order chi connectivity index (χ0) is 14.7. The lowest BCUT2D eigenvalue weighted by Crippen LogP contribution is -2.20. The van der Waals surface area contributed by atoms with Crippen LogP contribution in [0.2, 0.25) is 5.02 Å². The van der Waals surface area contributed by atoms with Gasteiger partial charge in [0.2, 0.25) is 0 Å². The van der Waals surface area contributed by atoms with Crippen LogP contribution >= 0.6 is 11.6 Å². The molecule has 0 aliphatic carbocycles. The molecule has 0 amide bonds. The van der Waals surface area contributed by atoms with Gasteiger partial charge in [0.15, 0.2) is 0 Å². The first-order chi connectivity index (χ1) is 9.55. The van der Waals surface area contributed by atoms with Crippen LogP contribution < -0.4 is 10.1 Å². The molecule has 0 bridgehead atoms. The van der Waals surface area contributed by atoms with E-state index in [2.05, 4.69) is 16.5 Å². The third-order valence-corrected chi connectivity index (χ3v) is 3.66. The topological polar surface area (TPSA) is 39.1 Å². The number of hydrogen-bond donors (Lipinski definition) is 1. The molecule has 1 aromatic heterocycles. The molecule has 0 saturated carbocycles. The van der Waals surface area contributed by atoms with Gasteiger partial charge in [0.25, 0.3) is 0 Å². The summed E-state index contributed by atoms with van der Waals surface area (Å²) in [7, 11) is 5.58. The molecule has 0 saturated heterocycles. The highest BCUT2D eigenvalue weighted by Crippen LogP contribution is 2.30. The van der Waals surface area contributed by atoms with Crippen LogP contribution in [0.1, 0.15) is 23.0 Å². The second-order valence-corrected chi connectivity index (χ2v) is 5.27. The zero-order valence-corrected chi connectivity index (χ0v) is 13.0. The predicted molar refractivity (Wildman–Crippen MR) is 81.5 cm³/mol. The quantitative estimate of drug-likeness (QED) is 0.921. The number of benzene rings is 1. The first-order valence-corrected chi connectivity index (χ1v) is 6.93. The van der Waals surface area contributed by atoms with Gasteiger partial charge in [0.1, 0.15) is 5.75 Å². The Morgan fingerprint density at radius 3 is 2.70 bits per heavy atom. The Hall–Kier alpha value is -1.52. The zero-order valence-electron chi connectivity index (χ0n) is 12.3. The highest BCUT2D eigenvalue weighted by molar-refractivity contribution is 6.30. The minimum absolute atomic E-state index is 0.124. The molecule has 1 heterocycles. The van der Waals surface area contributed by atoms with Crippen LogP contribution in [0.3, 0.4) is 0 Å². The van der Waals surface area contributed by atoms with Crippen LogP contribution in [0.25, 0.3) is 0 Å². The van der Waals surface area contributed by atoms with Gasteiger partial charge in [-0.1, -0.05) is 11.6 Å². The highest BCUT2D eigenvalue weighted by atomic mass is 35.5. The molecule has 0 aliphatic heterocycles. The molecule has 0 fully saturated rings. The van der Waals surface area contributed by atoms with Crippen molar-refractivity contribution in [3.05, 3.63) is 46.2 Å². The third kappa shape index (κ3) is 3.14. The van der Waals surface area contributed by atoms with E-state index in [0.717, 1.165) is 23.4 Å². The van der Waals surface area contributed by atoms with Crippen molar-refractivity contribution in [1.29, 1.82) is 0 Å². The van der Waals surface area contributed by atoms with E-state index in [0.29, 0.717) is 5.02 Å². The van der Waals surface area contributed by atoms with Crippen LogP contribution in [0.4, 0.5) is 0 Å². The summed E-state index contributed by atoms with van der Waals surface area (Å²) < 4.78 is 7.35. The second kappa shape index (κ2) is 6.29. The SMILES string of the molecule is CNC(Cc1cc(C)nn1C)c1cc(Cl)ccc1OC. The van der Waals surface area contributed by atoms with Gasteiger partial charge in [-0.25, -0.2) is 0 Å². The van der Waals surface area contributed by atoms with Gasteiger partial charge in [-0.3, -0.25) is 4.68 Å². The summed E-state index contributed by atoms with van der Waals surface area (Å²) in [6.45, 7) is 2.00. The number of nitrogens with zero attached hydrogens (tertiary/aromatic N) is 2. The molecule has 20 heavy (non-hydrogen) atoms. The van der Waals surface area contributed by atoms with Crippen molar-refractivity contribution < 1.29 is 4.74 Å². The minimum Gasteiger partial charge on any atom is -0.496 e. The fourth-order valence-electron chi connectivity index (χ4n) is 2.41. The summed E-state index contributed by atoms with van der Waals surface area (Å²) in [5.74, 6) is 0.840. The van der Waals surface area contributed by atoms with E-state index in [9.17, 15) is 0 Å². The molecule has 1 unspecified atom stereocenters. The number of ether oxygens (including phenoxy) is 1. The van der Waals surface area contributed by atoms with Gasteiger partial charge in [-0.05, 0) is 38.2 Å². The number of aromatic nitrogens is 2. The van der Waals surface area contributed by atoms with Crippen LogP contribution in [0.5, 0.6) is 5.75 Å². The first kappa shape index (κ1) is 14.9. The maximum Gasteiger partial charge on any atom is 0.123 e. The maximum absolute atomic E-state index is 6.11. The molecule has 1 N–H and O–H groups in total. The van der Waals surface area contributed by atoms with Crippen molar-refractivity contribution >= 4 is 11.6 Å². The molecular formula is C15H20ClN3O. The van der Waals surface area contributed by atoms with Gasteiger partial charge in [-0.15, -0.1) is 0 Å². The van der Waals surface area contributed by atoms with Gasteiger partial charge in [0, 0.05) is 35.8 Å². The molecule has 2 rings (SSSR count). The number of aryl methyl sites for hydroxylation is 2. The van der Waals surface area contributed by atoms with Gasteiger partial charge in [0.05, 0.1) is 12.8 Å². The van der Waals surface area contributed by atoms with Crippen molar-refractivity contribution in [2.45, 2.75) is 19.4 Å². The number of hydrogen-bond acceptors (Lipinski definition) is 3. The number of nitrogens with one attached hydrogen (secondary N) is 1. The molecule has 4 nitrogen and oxygen atoms in total. The van der Waals surface area contributed by atoms with Crippen LogP contribution in [-0.4, -0.2) is 23.9 Å². The van der Waals surface area contributed by atoms with Crippen molar-refractivity contribution in [3.63, 3.8) is 0 Å². The smallest absolute Gasteiger partial charge is 0.123 e. The second-order valence-electron chi connectivity index (χ2n) is 4.83. The van der Waals surface area contributed by atoms with E-state index in [1.165, 1.54) is 5.69 Å². The molecule has 0 spiro atoms. The highest BCUT2D eigenvalue weighted by Gasteiger charge is 2.17. The molecule has 1 aromatic carbocycles. The summed E-state index contributed by atoms with van der Waals surface area (Å²) in [4.78, 5) is 0. The normalized spacial score (nSPS) is 12.4. The molecule has 2 aromatic rings. The molecular weight excluding hydrogens is 274 g/mol. The summed E-state index contributed by atoms with van der Waals surface area (Å²) in [5.41, 5.74) is 3.25. The average Bonchev–Trinajstić information content (AvgIpc) is 2.74. The summed E-state index contributed by atoms with van der Waals surface area (Å²) >= 11 is 6.11. The van der Waals surface area contributed by atoms with E-state index in [1.807, 2.05) is 43.9 Å². The predicted octanol–water partition coefficient (Wildman–Crippen LogP) is 2.89. The largest absolute Gasteiger partial charge is 0.496 e. The van der Waals surface area contributed by atoms with E-state index >= 15 is 0 Å². The fourth-order valence-corrected chi connectivity index (χ4v) is 2.59. The van der Waals surface area contributed by atoms with Crippen LogP contribution in [0.15, 0.2) is 24.3 Å². The van der Waals surface area contributed by atoms with Crippen molar-refractivity contribution in [2.24, 2.45) is 7.05 Å². The Balaban J connectivity index is 2.33. The maximum atomic E-state index is 6.11. The summed E-state index contributed by atoms with van der Waals surface area (Å²) in [6, 6.07) is 7.91. The van der Waals surface area contributed by atoms with E-state index < -0.39 is 0 Å². The number of likely N-dealkylation sites (N-methyl/N-ethyl adjacent to an activating group) is 1. The van der Waals surface area contributed by atoms with Gasteiger partial charge < -0.3 is 10.1 Å². The Morgan fingerprint density at radius 2 is 2.15 bits per heavy atom. The summed E-state index contributed by atoms with van der Waals surface area (Å²) in [6.07, 6.45) is 0.824.